The van der Waals surface area contributed by atoms with Crippen LogP contribution in [-0.4, -0.2) is 79.6 Å². The maximum absolute atomic E-state index is 11.4. The zero-order chi connectivity index (χ0) is 13.0. The topological polar surface area (TPSA) is 62.2 Å². The zero-order valence-corrected chi connectivity index (χ0v) is 10.9. The Bertz CT molecular complexity index is 290. The molecule has 2 saturated heterocycles. The van der Waals surface area contributed by atoms with Crippen LogP contribution in [0.25, 0.3) is 0 Å². The molecule has 0 aliphatic carbocycles. The van der Waals surface area contributed by atoms with Crippen LogP contribution in [-0.2, 0) is 9.47 Å². The number of piperidine rings is 1. The Kier molecular flexibility index (Phi) is 4.42. The molecule has 0 unspecified atom stereocenters. The zero-order valence-electron chi connectivity index (χ0n) is 10.9. The number of ether oxygens (including phenoxy) is 2. The van der Waals surface area contributed by atoms with Gasteiger partial charge in [-0.15, -0.1) is 0 Å². The lowest BCUT2D eigenvalue weighted by Gasteiger charge is -2.37. The normalized spacial score (nSPS) is 23.7. The van der Waals surface area contributed by atoms with Gasteiger partial charge in [-0.25, -0.2) is 4.79 Å². The predicted octanol–water partition coefficient (Wildman–Crippen LogP) is -0.0881. The summed E-state index contributed by atoms with van der Waals surface area (Å²) in [6, 6.07) is 0. The Labute approximate surface area is 107 Å². The molecule has 104 valence electrons. The Morgan fingerprint density at radius 3 is 2.67 bits per heavy atom. The van der Waals surface area contributed by atoms with Crippen LogP contribution in [0.15, 0.2) is 0 Å². The van der Waals surface area contributed by atoms with E-state index < -0.39 is 0 Å². The number of hydrogen-bond donors (Lipinski definition) is 1. The molecular weight excluding hydrogens is 236 g/mol. The molecule has 2 rings (SSSR count). The second kappa shape index (κ2) is 5.86. The number of amides is 1. The van der Waals surface area contributed by atoms with E-state index in [4.69, 9.17) is 14.6 Å². The van der Waals surface area contributed by atoms with Crippen molar-refractivity contribution in [2.75, 3.05) is 53.0 Å². The van der Waals surface area contributed by atoms with Gasteiger partial charge in [0.2, 0.25) is 0 Å². The molecule has 0 aromatic carbocycles. The minimum atomic E-state index is -0.256. The third-order valence-corrected chi connectivity index (χ3v) is 3.70. The second-order valence-corrected chi connectivity index (χ2v) is 5.08. The minimum Gasteiger partial charge on any atom is -0.441 e. The number of rotatable bonds is 5. The number of aliphatic hydroxyl groups excluding tert-OH is 1. The maximum atomic E-state index is 11.4. The van der Waals surface area contributed by atoms with Crippen LogP contribution in [0.3, 0.4) is 0 Å². The molecule has 2 aliphatic rings. The molecule has 6 nitrogen and oxygen atoms in total. The van der Waals surface area contributed by atoms with E-state index in [1.165, 1.54) is 0 Å². The number of hydrogen-bond acceptors (Lipinski definition) is 5. The molecule has 2 heterocycles. The van der Waals surface area contributed by atoms with E-state index in [1.807, 2.05) is 0 Å². The van der Waals surface area contributed by atoms with Crippen molar-refractivity contribution in [3.05, 3.63) is 0 Å². The van der Waals surface area contributed by atoms with E-state index in [0.717, 1.165) is 32.5 Å². The van der Waals surface area contributed by atoms with Gasteiger partial charge in [0.25, 0.3) is 0 Å². The van der Waals surface area contributed by atoms with Crippen molar-refractivity contribution in [1.82, 2.24) is 9.80 Å². The quantitative estimate of drug-likeness (QED) is 0.698. The fraction of sp³-hybridized carbons (Fsp3) is 0.917. The maximum Gasteiger partial charge on any atom is 0.410 e. The molecule has 1 N–H and O–H groups in total. The number of aliphatic hydroxyl groups is 1. The van der Waals surface area contributed by atoms with E-state index in [1.54, 1.807) is 11.9 Å². The summed E-state index contributed by atoms with van der Waals surface area (Å²) in [5.41, 5.74) is -0.256. The molecule has 0 aromatic rings. The molecule has 0 aromatic heterocycles. The first kappa shape index (κ1) is 13.6. The van der Waals surface area contributed by atoms with Gasteiger partial charge in [0.05, 0.1) is 26.4 Å². The summed E-state index contributed by atoms with van der Waals surface area (Å²) in [5, 5.41) is 8.60. The van der Waals surface area contributed by atoms with E-state index >= 15 is 0 Å². The largest absolute Gasteiger partial charge is 0.441 e. The Morgan fingerprint density at radius 2 is 2.11 bits per heavy atom. The van der Waals surface area contributed by atoms with Gasteiger partial charge in [-0.05, 0) is 0 Å². The van der Waals surface area contributed by atoms with E-state index in [-0.39, 0.29) is 18.3 Å². The van der Waals surface area contributed by atoms with E-state index in [9.17, 15) is 4.79 Å². The summed E-state index contributed by atoms with van der Waals surface area (Å²) in [7, 11) is 1.78. The number of carbonyl (C=O) groups is 1. The van der Waals surface area contributed by atoms with Gasteiger partial charge in [0.15, 0.2) is 0 Å². The SMILES string of the molecule is CN1CC2(CCN(CCOCCO)CC2)OC1=O. The first-order chi connectivity index (χ1) is 8.65. The van der Waals surface area contributed by atoms with E-state index in [2.05, 4.69) is 4.90 Å². The Balaban J connectivity index is 1.70. The molecular formula is C12H22N2O4. The Morgan fingerprint density at radius 1 is 1.39 bits per heavy atom. The van der Waals surface area contributed by atoms with Crippen LogP contribution in [0.5, 0.6) is 0 Å². The molecule has 18 heavy (non-hydrogen) atoms. The average Bonchev–Trinajstić information content (AvgIpc) is 2.63. The van der Waals surface area contributed by atoms with Crippen LogP contribution in [0.2, 0.25) is 0 Å². The fourth-order valence-electron chi connectivity index (χ4n) is 2.60. The average molecular weight is 258 g/mol. The predicted molar refractivity (Wildman–Crippen MR) is 65.4 cm³/mol. The van der Waals surface area contributed by atoms with Gasteiger partial charge < -0.3 is 24.4 Å². The van der Waals surface area contributed by atoms with Crippen molar-refractivity contribution in [2.24, 2.45) is 0 Å². The number of nitrogens with zero attached hydrogens (tertiary/aromatic N) is 2. The third kappa shape index (κ3) is 3.13. The summed E-state index contributed by atoms with van der Waals surface area (Å²) in [5.74, 6) is 0. The van der Waals surface area contributed by atoms with Crippen LogP contribution >= 0.6 is 0 Å². The lowest BCUT2D eigenvalue weighted by molar-refractivity contribution is -0.00782. The molecule has 0 radical (unpaired) electrons. The van der Waals surface area contributed by atoms with Crippen LogP contribution < -0.4 is 0 Å². The summed E-state index contributed by atoms with van der Waals surface area (Å²) < 4.78 is 10.7. The van der Waals surface area contributed by atoms with Crippen molar-refractivity contribution in [2.45, 2.75) is 18.4 Å². The molecule has 0 atom stereocenters. The molecule has 0 bridgehead atoms. The highest BCUT2D eigenvalue weighted by Crippen LogP contribution is 2.32. The molecule has 0 saturated carbocycles. The summed E-state index contributed by atoms with van der Waals surface area (Å²) in [4.78, 5) is 15.4. The minimum absolute atomic E-state index is 0.0748. The highest BCUT2D eigenvalue weighted by molar-refractivity contribution is 5.70. The van der Waals surface area contributed by atoms with Crippen molar-refractivity contribution in [1.29, 1.82) is 0 Å². The summed E-state index contributed by atoms with van der Waals surface area (Å²) in [6.45, 7) is 4.58. The smallest absolute Gasteiger partial charge is 0.410 e. The van der Waals surface area contributed by atoms with Gasteiger partial charge in [0, 0.05) is 39.5 Å². The van der Waals surface area contributed by atoms with Gasteiger partial charge >= 0.3 is 6.09 Å². The Hall–Kier alpha value is -0.850. The van der Waals surface area contributed by atoms with Crippen molar-refractivity contribution >= 4 is 6.09 Å². The molecule has 2 aliphatic heterocycles. The third-order valence-electron chi connectivity index (χ3n) is 3.70. The van der Waals surface area contributed by atoms with Crippen LogP contribution in [0.4, 0.5) is 4.79 Å². The standard InChI is InChI=1S/C12H22N2O4/c1-13-10-12(18-11(13)16)2-4-14(5-3-12)6-8-17-9-7-15/h15H,2-10H2,1H3. The first-order valence-electron chi connectivity index (χ1n) is 6.50. The molecule has 6 heteroatoms. The van der Waals surface area contributed by atoms with E-state index in [0.29, 0.717) is 19.8 Å². The monoisotopic (exact) mass is 258 g/mol. The van der Waals surface area contributed by atoms with Crippen LogP contribution in [0, 0.1) is 0 Å². The lowest BCUT2D eigenvalue weighted by Crippen LogP contribution is -2.47. The summed E-state index contributed by atoms with van der Waals surface area (Å²) in [6.07, 6.45) is 1.58. The second-order valence-electron chi connectivity index (χ2n) is 5.08. The molecule has 1 amide bonds. The van der Waals surface area contributed by atoms with Crippen molar-refractivity contribution in [3.8, 4) is 0 Å². The van der Waals surface area contributed by atoms with Gasteiger partial charge in [-0.3, -0.25) is 0 Å². The number of carbonyl (C=O) groups excluding carboxylic acids is 1. The lowest BCUT2D eigenvalue weighted by atomic mass is 9.91. The van der Waals surface area contributed by atoms with Crippen molar-refractivity contribution < 1.29 is 19.4 Å². The number of likely N-dealkylation sites (N-methyl/N-ethyl adjacent to an activating group) is 1. The van der Waals surface area contributed by atoms with Gasteiger partial charge in [-0.2, -0.15) is 0 Å². The van der Waals surface area contributed by atoms with Gasteiger partial charge in [-0.1, -0.05) is 0 Å². The molecule has 2 fully saturated rings. The molecule has 1 spiro atoms. The summed E-state index contributed by atoms with van der Waals surface area (Å²) >= 11 is 0. The fourth-order valence-corrected chi connectivity index (χ4v) is 2.60. The van der Waals surface area contributed by atoms with Gasteiger partial charge in [0.1, 0.15) is 5.60 Å². The highest BCUT2D eigenvalue weighted by Gasteiger charge is 2.45. The number of likely N-dealkylation sites (tertiary alicyclic amines) is 1. The first-order valence-corrected chi connectivity index (χ1v) is 6.50. The van der Waals surface area contributed by atoms with Crippen LogP contribution in [0.1, 0.15) is 12.8 Å². The van der Waals surface area contributed by atoms with Crippen molar-refractivity contribution in [3.63, 3.8) is 0 Å². The highest BCUT2D eigenvalue weighted by atomic mass is 16.6.